The number of nitrogens with one attached hydrogen (secondary N) is 2. The third-order valence-corrected chi connectivity index (χ3v) is 4.91. The van der Waals surface area contributed by atoms with E-state index in [0.29, 0.717) is 17.1 Å². The van der Waals surface area contributed by atoms with Gasteiger partial charge in [-0.05, 0) is 42.0 Å². The van der Waals surface area contributed by atoms with E-state index in [2.05, 4.69) is 17.2 Å². The van der Waals surface area contributed by atoms with Gasteiger partial charge in [-0.25, -0.2) is 0 Å². The maximum atomic E-state index is 12.8. The van der Waals surface area contributed by atoms with Gasteiger partial charge in [0, 0.05) is 24.5 Å². The molecule has 6 nitrogen and oxygen atoms in total. The molecule has 2 aromatic rings. The second-order valence-electron chi connectivity index (χ2n) is 5.83. The molecule has 2 heterocycles. The van der Waals surface area contributed by atoms with Crippen LogP contribution in [0.1, 0.15) is 21.7 Å². The molecule has 1 aliphatic rings. The van der Waals surface area contributed by atoms with E-state index in [4.69, 9.17) is 0 Å². The van der Waals surface area contributed by atoms with Crippen molar-refractivity contribution in [2.45, 2.75) is 12.8 Å². The second-order valence-corrected chi connectivity index (χ2v) is 6.78. The smallest absolute Gasteiger partial charge is 0.313 e. The molecule has 1 aromatic heterocycles. The minimum absolute atomic E-state index is 0.0480. The number of fused-ring (bicyclic) bond motifs is 1. The van der Waals surface area contributed by atoms with Gasteiger partial charge in [0.05, 0.1) is 4.88 Å². The van der Waals surface area contributed by atoms with E-state index < -0.39 is 11.8 Å². The van der Waals surface area contributed by atoms with Crippen molar-refractivity contribution in [1.82, 2.24) is 5.32 Å². The van der Waals surface area contributed by atoms with E-state index >= 15 is 0 Å². The number of hydrogen-bond donors (Lipinski definition) is 2. The number of amides is 3. The second kappa shape index (κ2) is 7.97. The van der Waals surface area contributed by atoms with Crippen LogP contribution in [0.4, 0.5) is 11.4 Å². The molecule has 0 radical (unpaired) electrons. The summed E-state index contributed by atoms with van der Waals surface area (Å²) in [5.41, 5.74) is 2.31. The molecule has 0 bridgehead atoms. The maximum Gasteiger partial charge on any atom is 0.313 e. The standard InChI is InChI=1S/C19H19N3O3S/c1-2-9-20-17(23)18(24)21-14-8-7-13-5-3-10-22(15(13)12-14)19(25)16-6-4-11-26-16/h2,4,6-8,11-12H,1,3,5,9-10H2,(H,20,23)(H,21,24). The van der Waals surface area contributed by atoms with Crippen LogP contribution in [0.15, 0.2) is 48.4 Å². The normalized spacial score (nSPS) is 12.8. The van der Waals surface area contributed by atoms with E-state index in [0.717, 1.165) is 24.1 Å². The molecule has 1 aliphatic heterocycles. The zero-order valence-electron chi connectivity index (χ0n) is 14.2. The Morgan fingerprint density at radius 1 is 1.23 bits per heavy atom. The number of aryl methyl sites for hydroxylation is 1. The van der Waals surface area contributed by atoms with E-state index in [9.17, 15) is 14.4 Å². The highest BCUT2D eigenvalue weighted by Crippen LogP contribution is 2.31. The SMILES string of the molecule is C=CCNC(=O)C(=O)Nc1ccc2c(c1)N(C(=O)c1cccs1)CCC2. The Bertz CT molecular complexity index is 846. The molecule has 7 heteroatoms. The van der Waals surface area contributed by atoms with E-state index in [1.54, 1.807) is 23.1 Å². The van der Waals surface area contributed by atoms with Crippen molar-refractivity contribution in [3.05, 3.63) is 58.8 Å². The lowest BCUT2D eigenvalue weighted by molar-refractivity contribution is -0.136. The number of rotatable bonds is 4. The largest absolute Gasteiger partial charge is 0.344 e. The molecule has 3 amide bonds. The number of nitrogens with zero attached hydrogens (tertiary/aromatic N) is 1. The number of hydrogen-bond acceptors (Lipinski definition) is 4. The maximum absolute atomic E-state index is 12.8. The van der Waals surface area contributed by atoms with Crippen LogP contribution in [0.25, 0.3) is 0 Å². The summed E-state index contributed by atoms with van der Waals surface area (Å²) in [5, 5.41) is 6.87. The van der Waals surface area contributed by atoms with Crippen molar-refractivity contribution in [3.63, 3.8) is 0 Å². The average Bonchev–Trinajstić information content (AvgIpc) is 3.19. The Balaban J connectivity index is 1.80. The highest BCUT2D eigenvalue weighted by Gasteiger charge is 2.25. The minimum Gasteiger partial charge on any atom is -0.344 e. The summed E-state index contributed by atoms with van der Waals surface area (Å²) in [6, 6.07) is 9.04. The molecule has 26 heavy (non-hydrogen) atoms. The van der Waals surface area contributed by atoms with Gasteiger partial charge in [-0.1, -0.05) is 18.2 Å². The summed E-state index contributed by atoms with van der Waals surface area (Å²) in [6.45, 7) is 4.33. The van der Waals surface area contributed by atoms with Crippen LogP contribution >= 0.6 is 11.3 Å². The summed E-state index contributed by atoms with van der Waals surface area (Å²) in [6.07, 6.45) is 3.26. The van der Waals surface area contributed by atoms with Crippen LogP contribution in [0.5, 0.6) is 0 Å². The number of benzene rings is 1. The molecule has 0 unspecified atom stereocenters. The minimum atomic E-state index is -0.751. The number of carbonyl (C=O) groups excluding carboxylic acids is 3. The fourth-order valence-corrected chi connectivity index (χ4v) is 3.50. The summed E-state index contributed by atoms with van der Waals surface area (Å²) in [4.78, 5) is 38.8. The topological polar surface area (TPSA) is 78.5 Å². The molecule has 0 aliphatic carbocycles. The van der Waals surface area contributed by atoms with Crippen molar-refractivity contribution < 1.29 is 14.4 Å². The summed E-state index contributed by atoms with van der Waals surface area (Å²) < 4.78 is 0. The van der Waals surface area contributed by atoms with Gasteiger partial charge < -0.3 is 15.5 Å². The Kier molecular flexibility index (Phi) is 5.48. The first-order chi connectivity index (χ1) is 12.6. The molecule has 0 saturated heterocycles. The predicted octanol–water partition coefficient (Wildman–Crippen LogP) is 2.58. The van der Waals surface area contributed by atoms with Crippen molar-refractivity contribution in [2.75, 3.05) is 23.3 Å². The van der Waals surface area contributed by atoms with Gasteiger partial charge in [-0.15, -0.1) is 17.9 Å². The number of thiophene rings is 1. The van der Waals surface area contributed by atoms with Crippen molar-refractivity contribution in [1.29, 1.82) is 0 Å². The lowest BCUT2D eigenvalue weighted by Crippen LogP contribution is -2.36. The molecule has 0 saturated carbocycles. The molecular weight excluding hydrogens is 350 g/mol. The Morgan fingerprint density at radius 3 is 2.81 bits per heavy atom. The first kappa shape index (κ1) is 17.9. The molecule has 3 rings (SSSR count). The van der Waals surface area contributed by atoms with E-state index in [1.807, 2.05) is 17.5 Å². The zero-order chi connectivity index (χ0) is 18.5. The van der Waals surface area contributed by atoms with Crippen LogP contribution in [0, 0.1) is 0 Å². The Morgan fingerprint density at radius 2 is 2.08 bits per heavy atom. The summed E-state index contributed by atoms with van der Waals surface area (Å²) in [7, 11) is 0. The van der Waals surface area contributed by atoms with Crippen molar-refractivity contribution in [2.24, 2.45) is 0 Å². The highest BCUT2D eigenvalue weighted by molar-refractivity contribution is 7.12. The van der Waals surface area contributed by atoms with Gasteiger partial charge in [-0.2, -0.15) is 0 Å². The quantitative estimate of drug-likeness (QED) is 0.642. The molecule has 0 fully saturated rings. The Hall–Kier alpha value is -2.93. The summed E-state index contributed by atoms with van der Waals surface area (Å²) in [5.74, 6) is -1.53. The number of anilines is 2. The predicted molar refractivity (Wildman–Crippen MR) is 103 cm³/mol. The molecule has 0 spiro atoms. The van der Waals surface area contributed by atoms with Crippen molar-refractivity contribution in [3.8, 4) is 0 Å². The average molecular weight is 369 g/mol. The summed E-state index contributed by atoms with van der Waals surface area (Å²) >= 11 is 1.40. The van der Waals surface area contributed by atoms with Gasteiger partial charge in [0.2, 0.25) is 0 Å². The third kappa shape index (κ3) is 3.83. The van der Waals surface area contributed by atoms with Crippen LogP contribution in [0.3, 0.4) is 0 Å². The lowest BCUT2D eigenvalue weighted by Gasteiger charge is -2.29. The van der Waals surface area contributed by atoms with Crippen LogP contribution in [0.2, 0.25) is 0 Å². The monoisotopic (exact) mass is 369 g/mol. The number of carbonyl (C=O) groups is 3. The fraction of sp³-hybridized carbons (Fsp3) is 0.211. The molecule has 134 valence electrons. The zero-order valence-corrected chi connectivity index (χ0v) is 15.0. The van der Waals surface area contributed by atoms with E-state index in [1.165, 1.54) is 17.4 Å². The first-order valence-electron chi connectivity index (χ1n) is 8.28. The molecular formula is C19H19N3O3S. The lowest BCUT2D eigenvalue weighted by atomic mass is 10.0. The van der Waals surface area contributed by atoms with Gasteiger partial charge in [0.1, 0.15) is 0 Å². The van der Waals surface area contributed by atoms with Gasteiger partial charge in [0.15, 0.2) is 0 Å². The molecule has 1 aromatic carbocycles. The Labute approximate surface area is 155 Å². The van der Waals surface area contributed by atoms with Gasteiger partial charge in [-0.3, -0.25) is 14.4 Å². The van der Waals surface area contributed by atoms with Crippen molar-refractivity contribution >= 4 is 40.4 Å². The van der Waals surface area contributed by atoms with E-state index in [-0.39, 0.29) is 12.5 Å². The van der Waals surface area contributed by atoms with Crippen LogP contribution in [-0.2, 0) is 16.0 Å². The van der Waals surface area contributed by atoms with Gasteiger partial charge in [0.25, 0.3) is 5.91 Å². The molecule has 2 N–H and O–H groups in total. The highest BCUT2D eigenvalue weighted by atomic mass is 32.1. The molecule has 0 atom stereocenters. The van der Waals surface area contributed by atoms with Gasteiger partial charge >= 0.3 is 11.8 Å². The van der Waals surface area contributed by atoms with Crippen LogP contribution in [-0.4, -0.2) is 30.8 Å². The first-order valence-corrected chi connectivity index (χ1v) is 9.16. The fourth-order valence-electron chi connectivity index (χ4n) is 2.83. The van der Waals surface area contributed by atoms with Crippen LogP contribution < -0.4 is 15.5 Å². The third-order valence-electron chi connectivity index (χ3n) is 4.05.